The zero-order chi connectivity index (χ0) is 12.5. The molecule has 0 aliphatic carbocycles. The second-order valence-electron chi connectivity index (χ2n) is 6.09. The summed E-state index contributed by atoms with van der Waals surface area (Å²) >= 11 is 3.58. The van der Waals surface area contributed by atoms with Crippen LogP contribution in [0.25, 0.3) is 0 Å². The average molecular weight is 308 g/mol. The van der Waals surface area contributed by atoms with Crippen molar-refractivity contribution in [2.45, 2.75) is 32.1 Å². The normalized spacial score (nSPS) is 32.4. The number of benzene rings is 1. The summed E-state index contributed by atoms with van der Waals surface area (Å²) in [5.74, 6) is 2.62. The van der Waals surface area contributed by atoms with Crippen molar-refractivity contribution < 1.29 is 0 Å². The van der Waals surface area contributed by atoms with E-state index < -0.39 is 0 Å². The molecule has 3 aliphatic rings. The first-order valence-electron chi connectivity index (χ1n) is 7.20. The second-order valence-corrected chi connectivity index (χ2v) is 7.01. The van der Waals surface area contributed by atoms with Gasteiger partial charge in [0.05, 0.1) is 0 Å². The Balaban J connectivity index is 1.66. The lowest BCUT2D eigenvalue weighted by Gasteiger charge is -2.45. The Morgan fingerprint density at radius 1 is 1.33 bits per heavy atom. The number of hydrogen-bond acceptors (Lipinski definition) is 1. The summed E-state index contributed by atoms with van der Waals surface area (Å²) in [6.45, 7) is 6.45. The first-order valence-corrected chi connectivity index (χ1v) is 7.99. The highest BCUT2D eigenvalue weighted by molar-refractivity contribution is 9.10. The van der Waals surface area contributed by atoms with Crippen molar-refractivity contribution in [3.8, 4) is 0 Å². The smallest absolute Gasteiger partial charge is 0.0178 e. The van der Waals surface area contributed by atoms with Crippen LogP contribution < -0.4 is 0 Å². The molecule has 3 fully saturated rings. The number of nitrogens with zero attached hydrogens (tertiary/aromatic N) is 1. The lowest BCUT2D eigenvalue weighted by Crippen LogP contribution is -2.47. The van der Waals surface area contributed by atoms with E-state index in [1.807, 2.05) is 0 Å². The van der Waals surface area contributed by atoms with Crippen LogP contribution in [0.15, 0.2) is 28.7 Å². The standard InChI is InChI=1S/C16H22BrN/c1-12(14-3-2-4-16(17)10-14)9-15-11-18-7-5-13(15)6-8-18/h2-4,10,12-13,15H,5-9,11H2,1H3. The topological polar surface area (TPSA) is 3.24 Å². The van der Waals surface area contributed by atoms with E-state index in [4.69, 9.17) is 0 Å². The van der Waals surface area contributed by atoms with Gasteiger partial charge in [0.15, 0.2) is 0 Å². The van der Waals surface area contributed by atoms with Crippen LogP contribution in [0.5, 0.6) is 0 Å². The van der Waals surface area contributed by atoms with Crippen LogP contribution in [0, 0.1) is 11.8 Å². The third-order valence-corrected chi connectivity index (χ3v) is 5.36. The Morgan fingerprint density at radius 2 is 2.11 bits per heavy atom. The summed E-state index contributed by atoms with van der Waals surface area (Å²) in [4.78, 5) is 2.66. The minimum absolute atomic E-state index is 0.688. The molecule has 18 heavy (non-hydrogen) atoms. The Bertz CT molecular complexity index is 409. The lowest BCUT2D eigenvalue weighted by atomic mass is 9.74. The number of rotatable bonds is 3. The molecule has 2 bridgehead atoms. The maximum Gasteiger partial charge on any atom is 0.0178 e. The van der Waals surface area contributed by atoms with Gasteiger partial charge in [-0.25, -0.2) is 0 Å². The molecule has 3 aliphatic heterocycles. The van der Waals surface area contributed by atoms with E-state index in [-0.39, 0.29) is 0 Å². The van der Waals surface area contributed by atoms with E-state index in [9.17, 15) is 0 Å². The zero-order valence-electron chi connectivity index (χ0n) is 11.1. The summed E-state index contributed by atoms with van der Waals surface area (Å²) in [7, 11) is 0. The minimum atomic E-state index is 0.688. The van der Waals surface area contributed by atoms with Gasteiger partial charge < -0.3 is 4.90 Å². The van der Waals surface area contributed by atoms with Crippen LogP contribution >= 0.6 is 15.9 Å². The molecule has 3 heterocycles. The summed E-state index contributed by atoms with van der Waals surface area (Å²) in [6.07, 6.45) is 4.24. The highest BCUT2D eigenvalue weighted by atomic mass is 79.9. The molecule has 0 amide bonds. The van der Waals surface area contributed by atoms with Crippen LogP contribution in [0.3, 0.4) is 0 Å². The molecule has 98 valence electrons. The number of fused-ring (bicyclic) bond motifs is 3. The SMILES string of the molecule is CC(CC1CN2CCC1CC2)c1cccc(Br)c1. The summed E-state index contributed by atoms with van der Waals surface area (Å²) in [6, 6.07) is 8.83. The van der Waals surface area contributed by atoms with Crippen LogP contribution in [-0.2, 0) is 0 Å². The van der Waals surface area contributed by atoms with Crippen molar-refractivity contribution in [3.63, 3.8) is 0 Å². The van der Waals surface area contributed by atoms with Gasteiger partial charge in [-0.05, 0) is 67.8 Å². The fraction of sp³-hybridized carbons (Fsp3) is 0.625. The fourth-order valence-corrected chi connectivity index (χ4v) is 4.17. The first kappa shape index (κ1) is 12.7. The van der Waals surface area contributed by atoms with Gasteiger partial charge in [0.25, 0.3) is 0 Å². The third-order valence-electron chi connectivity index (χ3n) is 4.87. The molecule has 2 unspecified atom stereocenters. The molecule has 1 nitrogen and oxygen atoms in total. The van der Waals surface area contributed by atoms with Gasteiger partial charge in [-0.1, -0.05) is 35.0 Å². The van der Waals surface area contributed by atoms with Crippen LogP contribution in [0.4, 0.5) is 0 Å². The van der Waals surface area contributed by atoms with Gasteiger partial charge in [0, 0.05) is 11.0 Å². The van der Waals surface area contributed by atoms with Gasteiger partial charge in [-0.15, -0.1) is 0 Å². The Kier molecular flexibility index (Phi) is 3.76. The molecule has 0 saturated carbocycles. The van der Waals surface area contributed by atoms with Gasteiger partial charge in [0.2, 0.25) is 0 Å². The maximum atomic E-state index is 3.58. The minimum Gasteiger partial charge on any atom is -0.303 e. The van der Waals surface area contributed by atoms with E-state index in [1.165, 1.54) is 48.9 Å². The Hall–Kier alpha value is -0.340. The second kappa shape index (κ2) is 5.34. The molecular formula is C16H22BrN. The predicted octanol–water partition coefficient (Wildman–Crippen LogP) is 4.28. The van der Waals surface area contributed by atoms with Crippen LogP contribution in [0.2, 0.25) is 0 Å². The Labute approximate surface area is 119 Å². The Morgan fingerprint density at radius 3 is 2.72 bits per heavy atom. The van der Waals surface area contributed by atoms with Crippen molar-refractivity contribution in [1.82, 2.24) is 4.90 Å². The van der Waals surface area contributed by atoms with Gasteiger partial charge in [-0.2, -0.15) is 0 Å². The molecule has 1 aromatic rings. The van der Waals surface area contributed by atoms with E-state index in [0.717, 1.165) is 11.8 Å². The van der Waals surface area contributed by atoms with Crippen LogP contribution in [-0.4, -0.2) is 24.5 Å². The molecule has 4 rings (SSSR count). The van der Waals surface area contributed by atoms with E-state index in [0.29, 0.717) is 5.92 Å². The van der Waals surface area contributed by atoms with Gasteiger partial charge in [0.1, 0.15) is 0 Å². The van der Waals surface area contributed by atoms with Gasteiger partial charge in [-0.3, -0.25) is 0 Å². The molecule has 0 N–H and O–H groups in total. The van der Waals surface area contributed by atoms with E-state index >= 15 is 0 Å². The summed E-state index contributed by atoms with van der Waals surface area (Å²) in [5.41, 5.74) is 1.49. The number of piperidine rings is 3. The van der Waals surface area contributed by atoms with Crippen molar-refractivity contribution in [2.24, 2.45) is 11.8 Å². The molecule has 0 aromatic heterocycles. The molecule has 2 atom stereocenters. The molecule has 3 saturated heterocycles. The fourth-order valence-electron chi connectivity index (χ4n) is 3.76. The summed E-state index contributed by atoms with van der Waals surface area (Å²) < 4.78 is 1.21. The zero-order valence-corrected chi connectivity index (χ0v) is 12.7. The molecule has 0 spiro atoms. The van der Waals surface area contributed by atoms with Crippen molar-refractivity contribution in [2.75, 3.05) is 19.6 Å². The van der Waals surface area contributed by atoms with Gasteiger partial charge >= 0.3 is 0 Å². The molecular weight excluding hydrogens is 286 g/mol. The molecule has 0 radical (unpaired) electrons. The predicted molar refractivity (Wildman–Crippen MR) is 79.8 cm³/mol. The van der Waals surface area contributed by atoms with E-state index in [2.05, 4.69) is 52.0 Å². The first-order chi connectivity index (χ1) is 8.72. The third kappa shape index (κ3) is 2.65. The maximum absolute atomic E-state index is 3.58. The summed E-state index contributed by atoms with van der Waals surface area (Å²) in [5, 5.41) is 0. The molecule has 2 heteroatoms. The largest absolute Gasteiger partial charge is 0.303 e. The van der Waals surface area contributed by atoms with Crippen molar-refractivity contribution in [3.05, 3.63) is 34.3 Å². The van der Waals surface area contributed by atoms with Crippen LogP contribution in [0.1, 0.15) is 37.7 Å². The molecule has 1 aromatic carbocycles. The van der Waals surface area contributed by atoms with Crippen molar-refractivity contribution >= 4 is 15.9 Å². The number of halogens is 1. The number of hydrogen-bond donors (Lipinski definition) is 0. The highest BCUT2D eigenvalue weighted by Crippen LogP contribution is 2.38. The highest BCUT2D eigenvalue weighted by Gasteiger charge is 2.34. The quantitative estimate of drug-likeness (QED) is 0.805. The monoisotopic (exact) mass is 307 g/mol. The van der Waals surface area contributed by atoms with E-state index in [1.54, 1.807) is 0 Å². The van der Waals surface area contributed by atoms with Crippen molar-refractivity contribution in [1.29, 1.82) is 0 Å². The lowest BCUT2D eigenvalue weighted by molar-refractivity contribution is 0.0438. The average Bonchev–Trinajstić information content (AvgIpc) is 2.40.